The minimum atomic E-state index is -1.92. The van der Waals surface area contributed by atoms with Gasteiger partial charge in [-0.05, 0) is 24.1 Å². The molecule has 4 rings (SSSR count). The molecule has 10 heteroatoms. The number of aliphatic hydroxyl groups is 1. The lowest BCUT2D eigenvalue weighted by Crippen LogP contribution is -2.32. The molecule has 6 nitrogen and oxygen atoms in total. The Hall–Kier alpha value is -3.69. The maximum atomic E-state index is 14.8. The third kappa shape index (κ3) is 3.31. The van der Waals surface area contributed by atoms with Gasteiger partial charge in [-0.3, -0.25) is 14.5 Å². The summed E-state index contributed by atoms with van der Waals surface area (Å²) in [6, 6.07) is 2.40. The minimum absolute atomic E-state index is 0.0157. The highest BCUT2D eigenvalue weighted by molar-refractivity contribution is 6.16. The van der Waals surface area contributed by atoms with Gasteiger partial charge in [0, 0.05) is 18.2 Å². The monoisotopic (exact) mass is 447 g/mol. The van der Waals surface area contributed by atoms with Crippen LogP contribution in [0, 0.1) is 29.2 Å². The number of aromatic amines is 1. The Labute approximate surface area is 179 Å². The fourth-order valence-electron chi connectivity index (χ4n) is 3.81. The number of Topliss-reactive ketones (excluding diaryl/α,β-unsaturated/α-hetero) is 1. The highest BCUT2D eigenvalue weighted by Gasteiger charge is 2.47. The number of rotatable bonds is 5. The lowest BCUT2D eigenvalue weighted by Gasteiger charge is -2.28. The minimum Gasteiger partial charge on any atom is -0.503 e. The van der Waals surface area contributed by atoms with E-state index >= 15 is 0 Å². The first kappa shape index (κ1) is 21.5. The Bertz CT molecular complexity index is 1270. The van der Waals surface area contributed by atoms with Gasteiger partial charge in [0.2, 0.25) is 0 Å². The van der Waals surface area contributed by atoms with Crippen molar-refractivity contribution in [2.24, 2.45) is 5.92 Å². The predicted molar refractivity (Wildman–Crippen MR) is 107 cm³/mol. The number of carbonyl (C=O) groups is 2. The van der Waals surface area contributed by atoms with E-state index in [-0.39, 0.29) is 24.1 Å². The average molecular weight is 447 g/mol. The van der Waals surface area contributed by atoms with Gasteiger partial charge in [0.25, 0.3) is 5.91 Å². The van der Waals surface area contributed by atoms with E-state index in [9.17, 15) is 32.3 Å². The number of benzene rings is 2. The van der Waals surface area contributed by atoms with Gasteiger partial charge in [-0.1, -0.05) is 13.8 Å². The van der Waals surface area contributed by atoms with Crippen LogP contribution in [-0.2, 0) is 9.59 Å². The number of nitrogens with one attached hydrogen (secondary N) is 1. The van der Waals surface area contributed by atoms with E-state index < -0.39 is 57.9 Å². The Kier molecular flexibility index (Phi) is 5.23. The maximum absolute atomic E-state index is 14.8. The van der Waals surface area contributed by atoms with Gasteiger partial charge in [-0.15, -0.1) is 0 Å². The summed E-state index contributed by atoms with van der Waals surface area (Å²) in [5.74, 6) is -10.1. The first-order chi connectivity index (χ1) is 15.1. The van der Waals surface area contributed by atoms with Crippen molar-refractivity contribution in [2.75, 3.05) is 4.90 Å². The normalized spacial score (nSPS) is 16.7. The second-order valence-corrected chi connectivity index (χ2v) is 7.85. The Morgan fingerprint density at radius 2 is 1.81 bits per heavy atom. The molecule has 0 fully saturated rings. The van der Waals surface area contributed by atoms with E-state index in [4.69, 9.17) is 0 Å². The van der Waals surface area contributed by atoms with Crippen molar-refractivity contribution >= 4 is 28.4 Å². The number of aliphatic hydroxyl groups excluding tert-OH is 1. The lowest BCUT2D eigenvalue weighted by molar-refractivity contribution is -0.118. The van der Waals surface area contributed by atoms with Gasteiger partial charge in [-0.2, -0.15) is 0 Å². The summed E-state index contributed by atoms with van der Waals surface area (Å²) in [6.45, 7) is 3.38. The van der Waals surface area contributed by atoms with Gasteiger partial charge < -0.3 is 10.1 Å². The number of anilines is 1. The van der Waals surface area contributed by atoms with Crippen molar-refractivity contribution in [1.82, 2.24) is 9.97 Å². The number of H-pyrrole nitrogens is 1. The number of carbonyl (C=O) groups excluding carboxylic acids is 2. The van der Waals surface area contributed by atoms with E-state index in [1.165, 1.54) is 24.5 Å². The molecule has 0 spiro atoms. The number of hydrogen-bond acceptors (Lipinski definition) is 4. The van der Waals surface area contributed by atoms with Crippen LogP contribution in [0.5, 0.6) is 0 Å². The molecule has 3 aromatic rings. The second kappa shape index (κ2) is 7.77. The molecule has 0 saturated carbocycles. The predicted octanol–water partition coefficient (Wildman–Crippen LogP) is 4.63. The van der Waals surface area contributed by atoms with Crippen LogP contribution < -0.4 is 4.90 Å². The summed E-state index contributed by atoms with van der Waals surface area (Å²) < 4.78 is 57.7. The molecule has 0 bridgehead atoms. The lowest BCUT2D eigenvalue weighted by atomic mass is 9.91. The van der Waals surface area contributed by atoms with Crippen LogP contribution in [0.15, 0.2) is 41.9 Å². The molecule has 32 heavy (non-hydrogen) atoms. The van der Waals surface area contributed by atoms with Gasteiger partial charge in [-0.25, -0.2) is 22.5 Å². The maximum Gasteiger partial charge on any atom is 0.294 e. The molecule has 1 atom stereocenters. The van der Waals surface area contributed by atoms with Crippen LogP contribution >= 0.6 is 0 Å². The smallest absolute Gasteiger partial charge is 0.294 e. The third-order valence-corrected chi connectivity index (χ3v) is 5.20. The Balaban J connectivity index is 1.98. The van der Waals surface area contributed by atoms with Gasteiger partial charge in [0.1, 0.15) is 6.04 Å². The number of ketones is 1. The van der Waals surface area contributed by atoms with E-state index in [0.29, 0.717) is 11.0 Å². The molecule has 1 unspecified atom stereocenters. The summed E-state index contributed by atoms with van der Waals surface area (Å²) in [4.78, 5) is 33.5. The molecular formula is C22H17F4N3O3. The quantitative estimate of drug-likeness (QED) is 0.441. The van der Waals surface area contributed by atoms with E-state index in [1.807, 2.05) is 0 Å². The number of aromatic nitrogens is 2. The fraction of sp³-hybridized carbons (Fsp3) is 0.227. The molecule has 1 aromatic heterocycles. The van der Waals surface area contributed by atoms with Gasteiger partial charge >= 0.3 is 0 Å². The van der Waals surface area contributed by atoms with Crippen molar-refractivity contribution < 1.29 is 32.3 Å². The number of hydrogen-bond donors (Lipinski definition) is 2. The summed E-state index contributed by atoms with van der Waals surface area (Å²) >= 11 is 0. The van der Waals surface area contributed by atoms with Gasteiger partial charge in [0.05, 0.1) is 28.5 Å². The molecule has 2 N–H and O–H groups in total. The van der Waals surface area contributed by atoms with E-state index in [2.05, 4.69) is 9.97 Å². The van der Waals surface area contributed by atoms with Crippen molar-refractivity contribution in [3.63, 3.8) is 0 Å². The molecule has 0 radical (unpaired) electrons. The summed E-state index contributed by atoms with van der Waals surface area (Å²) in [6.07, 6.45) is 1.21. The molecular weight excluding hydrogens is 430 g/mol. The first-order valence-corrected chi connectivity index (χ1v) is 9.67. The largest absolute Gasteiger partial charge is 0.503 e. The molecule has 1 aliphatic rings. The van der Waals surface area contributed by atoms with Crippen LogP contribution in [0.3, 0.4) is 0 Å². The zero-order valence-electron chi connectivity index (χ0n) is 16.9. The summed E-state index contributed by atoms with van der Waals surface area (Å²) in [5.41, 5.74) is -0.842. The number of amides is 1. The van der Waals surface area contributed by atoms with Crippen LogP contribution in [0.2, 0.25) is 0 Å². The van der Waals surface area contributed by atoms with Crippen LogP contribution in [0.1, 0.15) is 31.9 Å². The highest BCUT2D eigenvalue weighted by atomic mass is 19.2. The summed E-state index contributed by atoms with van der Waals surface area (Å²) in [5, 5.41) is 10.5. The molecule has 1 aliphatic heterocycles. The third-order valence-electron chi connectivity index (χ3n) is 5.20. The molecule has 166 valence electrons. The van der Waals surface area contributed by atoms with Crippen LogP contribution in [0.4, 0.5) is 23.2 Å². The van der Waals surface area contributed by atoms with Crippen molar-refractivity contribution in [1.29, 1.82) is 0 Å². The molecule has 0 aliphatic carbocycles. The van der Waals surface area contributed by atoms with E-state index in [0.717, 1.165) is 4.90 Å². The Morgan fingerprint density at radius 1 is 1.16 bits per heavy atom. The molecule has 2 heterocycles. The number of fused-ring (bicyclic) bond motifs is 1. The Morgan fingerprint density at radius 3 is 2.44 bits per heavy atom. The zero-order chi connectivity index (χ0) is 23.3. The standard InChI is InChI=1S/C22H17F4N3O3/c1-9(2)5-15(30)16-20(17-18(25)11(23)7-12(24)19(17)26)29(22(32)21(16)31)10-3-4-13-14(6-10)28-8-27-13/h3-4,6-9,20,31H,5H2,1-2H3,(H,27,28). The number of nitrogens with zero attached hydrogens (tertiary/aromatic N) is 2. The average Bonchev–Trinajstić information content (AvgIpc) is 3.28. The molecule has 2 aromatic carbocycles. The number of halogens is 4. The zero-order valence-corrected chi connectivity index (χ0v) is 16.9. The van der Waals surface area contributed by atoms with E-state index in [1.54, 1.807) is 13.8 Å². The van der Waals surface area contributed by atoms with Crippen LogP contribution in [-0.4, -0.2) is 26.8 Å². The molecule has 1 amide bonds. The number of imidazole rings is 1. The molecule has 0 saturated heterocycles. The first-order valence-electron chi connectivity index (χ1n) is 9.67. The highest BCUT2D eigenvalue weighted by Crippen LogP contribution is 2.44. The SMILES string of the molecule is CC(C)CC(=O)C1=C(O)C(=O)N(c2ccc3[nH]cnc3c2)C1c1c(F)c(F)cc(F)c1F. The van der Waals surface area contributed by atoms with Crippen molar-refractivity contribution in [3.05, 3.63) is 70.8 Å². The topological polar surface area (TPSA) is 86.3 Å². The van der Waals surface area contributed by atoms with Crippen molar-refractivity contribution in [2.45, 2.75) is 26.3 Å². The second-order valence-electron chi connectivity index (χ2n) is 7.85. The van der Waals surface area contributed by atoms with Gasteiger partial charge in [0.15, 0.2) is 34.8 Å². The van der Waals surface area contributed by atoms with Crippen molar-refractivity contribution in [3.8, 4) is 0 Å². The summed E-state index contributed by atoms with van der Waals surface area (Å²) in [7, 11) is 0. The van der Waals surface area contributed by atoms with Crippen LogP contribution in [0.25, 0.3) is 11.0 Å². The fourth-order valence-corrected chi connectivity index (χ4v) is 3.81.